The first kappa shape index (κ1) is 13.9. The predicted octanol–water partition coefficient (Wildman–Crippen LogP) is 2.41. The number of nitrogens with one attached hydrogen (secondary N) is 1. The van der Waals surface area contributed by atoms with Gasteiger partial charge < -0.3 is 10.2 Å². The first-order valence-electron chi connectivity index (χ1n) is 7.67. The standard InChI is InChI=1S/C15H28N2O/c1-12(2)8-10-17(14-4-5-14)15(18)6-3-13-7-9-16-11-13/h12-14,16H,3-11H2,1-2H3. The van der Waals surface area contributed by atoms with Gasteiger partial charge in [-0.05, 0) is 57.0 Å². The Morgan fingerprint density at radius 2 is 2.11 bits per heavy atom. The topological polar surface area (TPSA) is 32.3 Å². The molecule has 1 aliphatic carbocycles. The van der Waals surface area contributed by atoms with Crippen LogP contribution in [0.3, 0.4) is 0 Å². The highest BCUT2D eigenvalue weighted by atomic mass is 16.2. The maximum absolute atomic E-state index is 12.3. The molecule has 0 aromatic heterocycles. The van der Waals surface area contributed by atoms with Crippen LogP contribution in [0.5, 0.6) is 0 Å². The Morgan fingerprint density at radius 3 is 2.67 bits per heavy atom. The van der Waals surface area contributed by atoms with E-state index in [-0.39, 0.29) is 0 Å². The van der Waals surface area contributed by atoms with Crippen molar-refractivity contribution < 1.29 is 4.79 Å². The fourth-order valence-electron chi connectivity index (χ4n) is 2.73. The highest BCUT2D eigenvalue weighted by molar-refractivity contribution is 5.76. The van der Waals surface area contributed by atoms with Gasteiger partial charge in [-0.2, -0.15) is 0 Å². The molecule has 1 saturated carbocycles. The van der Waals surface area contributed by atoms with Crippen LogP contribution >= 0.6 is 0 Å². The Balaban J connectivity index is 1.72. The first-order valence-corrected chi connectivity index (χ1v) is 7.67. The lowest BCUT2D eigenvalue weighted by Crippen LogP contribution is -2.34. The van der Waals surface area contributed by atoms with Gasteiger partial charge in [0.15, 0.2) is 0 Å². The molecule has 0 aromatic rings. The van der Waals surface area contributed by atoms with Crippen LogP contribution in [0.4, 0.5) is 0 Å². The maximum atomic E-state index is 12.3. The molecule has 3 heteroatoms. The van der Waals surface area contributed by atoms with E-state index in [2.05, 4.69) is 24.1 Å². The number of carbonyl (C=O) groups excluding carboxylic acids is 1. The van der Waals surface area contributed by atoms with Gasteiger partial charge in [-0.3, -0.25) is 4.79 Å². The summed E-state index contributed by atoms with van der Waals surface area (Å²) >= 11 is 0. The summed E-state index contributed by atoms with van der Waals surface area (Å²) in [5.74, 6) is 1.84. The summed E-state index contributed by atoms with van der Waals surface area (Å²) in [5.41, 5.74) is 0. The van der Waals surface area contributed by atoms with E-state index in [0.29, 0.717) is 17.9 Å². The van der Waals surface area contributed by atoms with Crippen LogP contribution < -0.4 is 5.32 Å². The minimum absolute atomic E-state index is 0.407. The van der Waals surface area contributed by atoms with Crippen molar-refractivity contribution in [3.05, 3.63) is 0 Å². The molecule has 104 valence electrons. The summed E-state index contributed by atoms with van der Waals surface area (Å²) in [4.78, 5) is 14.5. The zero-order valence-electron chi connectivity index (χ0n) is 12.0. The Bertz CT molecular complexity index is 268. The molecule has 1 unspecified atom stereocenters. The molecule has 1 N–H and O–H groups in total. The van der Waals surface area contributed by atoms with Gasteiger partial charge >= 0.3 is 0 Å². The maximum Gasteiger partial charge on any atom is 0.222 e. The van der Waals surface area contributed by atoms with Crippen molar-refractivity contribution in [3.63, 3.8) is 0 Å². The van der Waals surface area contributed by atoms with Gasteiger partial charge in [0.1, 0.15) is 0 Å². The SMILES string of the molecule is CC(C)CCN(C(=O)CCC1CCNC1)C1CC1. The average molecular weight is 252 g/mol. The van der Waals surface area contributed by atoms with Crippen LogP contribution in [0, 0.1) is 11.8 Å². The summed E-state index contributed by atoms with van der Waals surface area (Å²) < 4.78 is 0. The van der Waals surface area contributed by atoms with Gasteiger partial charge in [0, 0.05) is 19.0 Å². The zero-order valence-corrected chi connectivity index (χ0v) is 12.0. The van der Waals surface area contributed by atoms with Crippen LogP contribution in [-0.2, 0) is 4.79 Å². The largest absolute Gasteiger partial charge is 0.340 e. The lowest BCUT2D eigenvalue weighted by Gasteiger charge is -2.24. The third-order valence-corrected chi connectivity index (χ3v) is 4.18. The summed E-state index contributed by atoms with van der Waals surface area (Å²) in [7, 11) is 0. The molecule has 0 radical (unpaired) electrons. The van der Waals surface area contributed by atoms with Crippen molar-refractivity contribution in [1.29, 1.82) is 0 Å². The summed E-state index contributed by atoms with van der Waals surface area (Å²) in [5, 5.41) is 3.38. The number of carbonyl (C=O) groups is 1. The molecule has 1 amide bonds. The fraction of sp³-hybridized carbons (Fsp3) is 0.933. The zero-order chi connectivity index (χ0) is 13.0. The van der Waals surface area contributed by atoms with Crippen molar-refractivity contribution in [2.24, 2.45) is 11.8 Å². The number of hydrogen-bond donors (Lipinski definition) is 1. The minimum Gasteiger partial charge on any atom is -0.340 e. The number of rotatable bonds is 7. The summed E-state index contributed by atoms with van der Waals surface area (Å²) in [6.45, 7) is 7.70. The number of amides is 1. The van der Waals surface area contributed by atoms with Gasteiger partial charge in [0.2, 0.25) is 5.91 Å². The van der Waals surface area contributed by atoms with Gasteiger partial charge in [-0.1, -0.05) is 13.8 Å². The van der Waals surface area contributed by atoms with E-state index >= 15 is 0 Å². The second-order valence-corrected chi connectivity index (χ2v) is 6.40. The molecule has 1 saturated heterocycles. The number of nitrogens with zero attached hydrogens (tertiary/aromatic N) is 1. The molecule has 1 atom stereocenters. The third kappa shape index (κ3) is 4.27. The summed E-state index contributed by atoms with van der Waals surface area (Å²) in [6.07, 6.45) is 6.71. The first-order chi connectivity index (χ1) is 8.66. The Hall–Kier alpha value is -0.570. The Labute approximate surface area is 111 Å². The van der Waals surface area contributed by atoms with E-state index in [0.717, 1.165) is 44.8 Å². The van der Waals surface area contributed by atoms with Gasteiger partial charge in [-0.15, -0.1) is 0 Å². The van der Waals surface area contributed by atoms with E-state index in [1.54, 1.807) is 0 Å². The second-order valence-electron chi connectivity index (χ2n) is 6.40. The molecule has 2 rings (SSSR count). The van der Waals surface area contributed by atoms with Crippen LogP contribution in [-0.4, -0.2) is 36.5 Å². The quantitative estimate of drug-likeness (QED) is 0.754. The number of hydrogen-bond acceptors (Lipinski definition) is 2. The molecule has 1 aliphatic heterocycles. The molecule has 0 spiro atoms. The highest BCUT2D eigenvalue weighted by Gasteiger charge is 2.32. The molecule has 0 aromatic carbocycles. The molecule has 0 bridgehead atoms. The molecule has 2 fully saturated rings. The lowest BCUT2D eigenvalue weighted by molar-refractivity contribution is -0.132. The minimum atomic E-state index is 0.407. The monoisotopic (exact) mass is 252 g/mol. The van der Waals surface area contributed by atoms with Crippen molar-refractivity contribution in [3.8, 4) is 0 Å². The third-order valence-electron chi connectivity index (χ3n) is 4.18. The van der Waals surface area contributed by atoms with Gasteiger partial charge in [0.05, 0.1) is 0 Å². The summed E-state index contributed by atoms with van der Waals surface area (Å²) in [6, 6.07) is 0.581. The van der Waals surface area contributed by atoms with E-state index in [4.69, 9.17) is 0 Å². The fourth-order valence-corrected chi connectivity index (χ4v) is 2.73. The average Bonchev–Trinajstić information content (AvgIpc) is 3.03. The van der Waals surface area contributed by atoms with Crippen LogP contribution in [0.25, 0.3) is 0 Å². The van der Waals surface area contributed by atoms with Crippen LogP contribution in [0.15, 0.2) is 0 Å². The molecule has 18 heavy (non-hydrogen) atoms. The molecular formula is C15H28N2O. The van der Waals surface area contributed by atoms with Crippen molar-refractivity contribution >= 4 is 5.91 Å². The van der Waals surface area contributed by atoms with E-state index in [1.165, 1.54) is 19.3 Å². The Kier molecular flexibility index (Phi) is 5.04. The van der Waals surface area contributed by atoms with E-state index in [1.807, 2.05) is 0 Å². The Morgan fingerprint density at radius 1 is 1.33 bits per heavy atom. The smallest absolute Gasteiger partial charge is 0.222 e. The van der Waals surface area contributed by atoms with Crippen molar-refractivity contribution in [1.82, 2.24) is 10.2 Å². The molecule has 2 aliphatic rings. The van der Waals surface area contributed by atoms with Gasteiger partial charge in [0.25, 0.3) is 0 Å². The van der Waals surface area contributed by atoms with E-state index < -0.39 is 0 Å². The molecule has 3 nitrogen and oxygen atoms in total. The molecular weight excluding hydrogens is 224 g/mol. The predicted molar refractivity (Wildman–Crippen MR) is 74.4 cm³/mol. The normalized spacial score (nSPS) is 23.6. The van der Waals surface area contributed by atoms with Crippen LogP contribution in [0.1, 0.15) is 52.4 Å². The van der Waals surface area contributed by atoms with Crippen molar-refractivity contribution in [2.75, 3.05) is 19.6 Å². The van der Waals surface area contributed by atoms with E-state index in [9.17, 15) is 4.79 Å². The second kappa shape index (κ2) is 6.55. The van der Waals surface area contributed by atoms with Crippen molar-refractivity contribution in [2.45, 2.75) is 58.4 Å². The molecule has 1 heterocycles. The van der Waals surface area contributed by atoms with Crippen LogP contribution in [0.2, 0.25) is 0 Å². The highest BCUT2D eigenvalue weighted by Crippen LogP contribution is 2.28. The lowest BCUT2D eigenvalue weighted by atomic mass is 10.0. The van der Waals surface area contributed by atoms with Gasteiger partial charge in [-0.25, -0.2) is 0 Å².